The molecule has 0 unspecified atom stereocenters. The van der Waals surface area contributed by atoms with E-state index < -0.39 is 0 Å². The van der Waals surface area contributed by atoms with Crippen molar-refractivity contribution in [2.24, 2.45) is 5.92 Å². The van der Waals surface area contributed by atoms with Crippen molar-refractivity contribution in [1.29, 1.82) is 0 Å². The van der Waals surface area contributed by atoms with Crippen molar-refractivity contribution in [2.45, 2.75) is 31.7 Å². The van der Waals surface area contributed by atoms with Crippen LogP contribution in [0.25, 0.3) is 0 Å². The molecule has 0 aromatic carbocycles. The highest BCUT2D eigenvalue weighted by molar-refractivity contribution is 5.78. The van der Waals surface area contributed by atoms with Gasteiger partial charge in [-0.15, -0.1) is 0 Å². The summed E-state index contributed by atoms with van der Waals surface area (Å²) in [5.41, 5.74) is 0. The molecule has 86 valence electrons. The molecule has 2 aliphatic rings. The van der Waals surface area contributed by atoms with E-state index in [1.807, 2.05) is 4.90 Å². The Morgan fingerprint density at radius 2 is 2.20 bits per heavy atom. The molecule has 4 nitrogen and oxygen atoms in total. The molecule has 1 aliphatic heterocycles. The molecule has 2 N–H and O–H groups in total. The average Bonchev–Trinajstić information content (AvgIpc) is 2.94. The number of carbonyl (C=O) groups excluding carboxylic acids is 1. The molecule has 1 heterocycles. The lowest BCUT2D eigenvalue weighted by Gasteiger charge is -2.23. The second-order valence-corrected chi connectivity index (χ2v) is 4.64. The summed E-state index contributed by atoms with van der Waals surface area (Å²) in [5, 5.41) is 12.3. The van der Waals surface area contributed by atoms with Crippen LogP contribution in [0.15, 0.2) is 0 Å². The average molecular weight is 212 g/mol. The van der Waals surface area contributed by atoms with Gasteiger partial charge in [0.15, 0.2) is 0 Å². The molecule has 1 saturated heterocycles. The fourth-order valence-electron chi connectivity index (χ4n) is 2.16. The Morgan fingerprint density at radius 3 is 2.87 bits per heavy atom. The van der Waals surface area contributed by atoms with Crippen molar-refractivity contribution in [3.63, 3.8) is 0 Å². The van der Waals surface area contributed by atoms with E-state index in [1.165, 1.54) is 12.8 Å². The van der Waals surface area contributed by atoms with Crippen LogP contribution in [0.1, 0.15) is 25.7 Å². The molecule has 2 fully saturated rings. The summed E-state index contributed by atoms with van der Waals surface area (Å²) in [6.07, 6.45) is 4.60. The maximum Gasteiger partial charge on any atom is 0.236 e. The number of hydrogen-bond acceptors (Lipinski definition) is 3. The van der Waals surface area contributed by atoms with Gasteiger partial charge in [-0.1, -0.05) is 0 Å². The molecule has 0 aromatic rings. The molecule has 1 amide bonds. The van der Waals surface area contributed by atoms with Crippen molar-refractivity contribution < 1.29 is 9.90 Å². The molecule has 1 aliphatic carbocycles. The zero-order valence-corrected chi connectivity index (χ0v) is 9.11. The Kier molecular flexibility index (Phi) is 3.59. The van der Waals surface area contributed by atoms with Crippen molar-refractivity contribution in [1.82, 2.24) is 10.2 Å². The van der Waals surface area contributed by atoms with E-state index >= 15 is 0 Å². The summed E-state index contributed by atoms with van der Waals surface area (Å²) >= 11 is 0. The van der Waals surface area contributed by atoms with Gasteiger partial charge in [-0.2, -0.15) is 0 Å². The first kappa shape index (κ1) is 10.9. The van der Waals surface area contributed by atoms with Crippen LogP contribution in [-0.2, 0) is 4.79 Å². The first-order chi connectivity index (χ1) is 7.31. The van der Waals surface area contributed by atoms with Crippen LogP contribution in [0.5, 0.6) is 0 Å². The van der Waals surface area contributed by atoms with E-state index in [0.29, 0.717) is 6.54 Å². The maximum absolute atomic E-state index is 11.8. The number of rotatable bonds is 5. The van der Waals surface area contributed by atoms with Gasteiger partial charge in [0, 0.05) is 6.54 Å². The minimum Gasteiger partial charge on any atom is -0.394 e. The van der Waals surface area contributed by atoms with Crippen LogP contribution in [0.3, 0.4) is 0 Å². The summed E-state index contributed by atoms with van der Waals surface area (Å²) in [5.74, 6) is 0.956. The summed E-state index contributed by atoms with van der Waals surface area (Å²) in [6.45, 7) is 2.33. The predicted molar refractivity (Wildman–Crippen MR) is 57.4 cm³/mol. The van der Waals surface area contributed by atoms with E-state index in [4.69, 9.17) is 5.11 Å². The van der Waals surface area contributed by atoms with Crippen LogP contribution in [0.4, 0.5) is 0 Å². The number of nitrogens with one attached hydrogen (secondary N) is 1. The Balaban J connectivity index is 1.68. The van der Waals surface area contributed by atoms with Crippen molar-refractivity contribution in [2.75, 3.05) is 26.2 Å². The molecule has 0 spiro atoms. The van der Waals surface area contributed by atoms with Gasteiger partial charge in [0.25, 0.3) is 0 Å². The van der Waals surface area contributed by atoms with E-state index in [-0.39, 0.29) is 18.6 Å². The Hall–Kier alpha value is -0.610. The summed E-state index contributed by atoms with van der Waals surface area (Å²) in [6, 6.07) is 0.0697. The SMILES string of the molecule is O=C(CNCC1CC1)N1CCC[C@H]1CO. The predicted octanol–water partition coefficient (Wildman–Crippen LogP) is -0.0307. The third-order valence-corrected chi connectivity index (χ3v) is 3.31. The molecule has 0 bridgehead atoms. The molecule has 4 heteroatoms. The number of likely N-dealkylation sites (tertiary alicyclic amines) is 1. The van der Waals surface area contributed by atoms with Gasteiger partial charge in [0.05, 0.1) is 19.2 Å². The van der Waals surface area contributed by atoms with Gasteiger partial charge >= 0.3 is 0 Å². The topological polar surface area (TPSA) is 52.6 Å². The van der Waals surface area contributed by atoms with Gasteiger partial charge in [0.2, 0.25) is 5.91 Å². The summed E-state index contributed by atoms with van der Waals surface area (Å²) < 4.78 is 0. The molecule has 0 radical (unpaired) electrons. The van der Waals surface area contributed by atoms with Crippen LogP contribution in [0, 0.1) is 5.92 Å². The minimum absolute atomic E-state index is 0.0697. The van der Waals surface area contributed by atoms with Gasteiger partial charge in [-0.25, -0.2) is 0 Å². The van der Waals surface area contributed by atoms with Gasteiger partial charge in [0.1, 0.15) is 0 Å². The third-order valence-electron chi connectivity index (χ3n) is 3.31. The lowest BCUT2D eigenvalue weighted by molar-refractivity contribution is -0.131. The molecular formula is C11H20N2O2. The fourth-order valence-corrected chi connectivity index (χ4v) is 2.16. The second-order valence-electron chi connectivity index (χ2n) is 4.64. The third kappa shape index (κ3) is 2.92. The summed E-state index contributed by atoms with van der Waals surface area (Å²) in [7, 11) is 0. The normalized spacial score (nSPS) is 25.9. The lowest BCUT2D eigenvalue weighted by atomic mass is 10.2. The molecule has 0 aromatic heterocycles. The minimum atomic E-state index is 0.0697. The zero-order valence-electron chi connectivity index (χ0n) is 9.11. The molecule has 2 rings (SSSR count). The smallest absolute Gasteiger partial charge is 0.236 e. The van der Waals surface area contributed by atoms with E-state index in [2.05, 4.69) is 5.32 Å². The Morgan fingerprint density at radius 1 is 1.40 bits per heavy atom. The first-order valence-electron chi connectivity index (χ1n) is 5.92. The second kappa shape index (κ2) is 4.94. The van der Waals surface area contributed by atoms with Crippen LogP contribution >= 0.6 is 0 Å². The molecule has 1 atom stereocenters. The quantitative estimate of drug-likeness (QED) is 0.673. The van der Waals surface area contributed by atoms with Crippen LogP contribution in [-0.4, -0.2) is 48.2 Å². The largest absolute Gasteiger partial charge is 0.394 e. The Labute approximate surface area is 90.6 Å². The number of amides is 1. The van der Waals surface area contributed by atoms with E-state index in [1.54, 1.807) is 0 Å². The Bertz CT molecular complexity index is 229. The van der Waals surface area contributed by atoms with Crippen molar-refractivity contribution >= 4 is 5.91 Å². The molecule has 1 saturated carbocycles. The fraction of sp³-hybridized carbons (Fsp3) is 0.909. The number of aliphatic hydroxyl groups is 1. The zero-order chi connectivity index (χ0) is 10.7. The lowest BCUT2D eigenvalue weighted by Crippen LogP contribution is -2.42. The van der Waals surface area contributed by atoms with Crippen molar-refractivity contribution in [3.05, 3.63) is 0 Å². The number of hydrogen-bond donors (Lipinski definition) is 2. The maximum atomic E-state index is 11.8. The standard InChI is InChI=1S/C11H20N2O2/c14-8-10-2-1-5-13(10)11(15)7-12-6-9-3-4-9/h9-10,12,14H,1-8H2/t10-/m0/s1. The van der Waals surface area contributed by atoms with Crippen molar-refractivity contribution in [3.8, 4) is 0 Å². The first-order valence-corrected chi connectivity index (χ1v) is 5.92. The molecule has 15 heavy (non-hydrogen) atoms. The van der Waals surface area contributed by atoms with Crippen LogP contribution < -0.4 is 5.32 Å². The highest BCUT2D eigenvalue weighted by Crippen LogP contribution is 2.27. The van der Waals surface area contributed by atoms with Gasteiger partial charge in [-0.05, 0) is 38.1 Å². The summed E-state index contributed by atoms with van der Waals surface area (Å²) in [4.78, 5) is 13.6. The highest BCUT2D eigenvalue weighted by Gasteiger charge is 2.28. The number of aliphatic hydroxyl groups excluding tert-OH is 1. The number of carbonyl (C=O) groups is 1. The highest BCUT2D eigenvalue weighted by atomic mass is 16.3. The van der Waals surface area contributed by atoms with Crippen LogP contribution in [0.2, 0.25) is 0 Å². The monoisotopic (exact) mass is 212 g/mol. The van der Waals surface area contributed by atoms with Gasteiger partial charge < -0.3 is 15.3 Å². The van der Waals surface area contributed by atoms with E-state index in [9.17, 15) is 4.79 Å². The number of nitrogens with zero attached hydrogens (tertiary/aromatic N) is 1. The van der Waals surface area contributed by atoms with E-state index in [0.717, 1.165) is 31.8 Å². The van der Waals surface area contributed by atoms with Gasteiger partial charge in [-0.3, -0.25) is 4.79 Å². The molecular weight excluding hydrogens is 192 g/mol.